The van der Waals surface area contributed by atoms with Gasteiger partial charge in [0.15, 0.2) is 0 Å². The van der Waals surface area contributed by atoms with Crippen molar-refractivity contribution in [1.82, 2.24) is 14.9 Å². The highest BCUT2D eigenvalue weighted by molar-refractivity contribution is 7.97. The predicted molar refractivity (Wildman–Crippen MR) is 100 cm³/mol. The van der Waals surface area contributed by atoms with Crippen molar-refractivity contribution in [1.29, 1.82) is 0 Å². The zero-order valence-corrected chi connectivity index (χ0v) is 15.9. The third kappa shape index (κ3) is 4.98. The second-order valence-corrected chi connectivity index (χ2v) is 7.17. The van der Waals surface area contributed by atoms with Gasteiger partial charge in [0, 0.05) is 0 Å². The number of carbonyl (C=O) groups is 2. The molecule has 1 unspecified atom stereocenters. The second-order valence-electron chi connectivity index (χ2n) is 6.31. The molecule has 1 aromatic heterocycles. The van der Waals surface area contributed by atoms with E-state index in [9.17, 15) is 9.59 Å². The summed E-state index contributed by atoms with van der Waals surface area (Å²) in [6.45, 7) is 4.13. The van der Waals surface area contributed by atoms with Gasteiger partial charge in [0.05, 0.1) is 23.9 Å². The number of nitrogens with zero attached hydrogens (tertiary/aromatic N) is 2. The van der Waals surface area contributed by atoms with Gasteiger partial charge in [0.2, 0.25) is 5.91 Å². The average molecular weight is 363 g/mol. The first-order valence-electron chi connectivity index (χ1n) is 8.26. The quantitative estimate of drug-likeness (QED) is 0.730. The van der Waals surface area contributed by atoms with Crippen LogP contribution in [0.1, 0.15) is 26.1 Å². The summed E-state index contributed by atoms with van der Waals surface area (Å²) in [6.07, 6.45) is 2.54. The molecule has 0 fully saturated rings. The van der Waals surface area contributed by atoms with Crippen molar-refractivity contribution in [3.8, 4) is 0 Å². The normalized spacial score (nSPS) is 12.4. The van der Waals surface area contributed by atoms with E-state index < -0.39 is 12.0 Å². The van der Waals surface area contributed by atoms with Crippen molar-refractivity contribution in [3.05, 3.63) is 30.1 Å². The number of fused-ring (bicyclic) bond motifs is 1. The van der Waals surface area contributed by atoms with E-state index in [0.29, 0.717) is 12.2 Å². The smallest absolute Gasteiger partial charge is 0.328 e. The van der Waals surface area contributed by atoms with Crippen LogP contribution in [0, 0.1) is 5.92 Å². The molecule has 1 aromatic carbocycles. The van der Waals surface area contributed by atoms with Crippen molar-refractivity contribution in [3.63, 3.8) is 0 Å². The van der Waals surface area contributed by atoms with Gasteiger partial charge in [-0.25, -0.2) is 9.78 Å². The number of methoxy groups -OCH3 is 1. The van der Waals surface area contributed by atoms with Crippen molar-refractivity contribution in [2.45, 2.75) is 38.6 Å². The highest BCUT2D eigenvalue weighted by Gasteiger charge is 2.23. The maximum absolute atomic E-state index is 12.5. The number of nitrogens with one attached hydrogen (secondary N) is 1. The summed E-state index contributed by atoms with van der Waals surface area (Å²) in [4.78, 5) is 29.1. The highest BCUT2D eigenvalue weighted by Crippen LogP contribution is 2.19. The molecule has 0 radical (unpaired) electrons. The molecule has 6 nitrogen and oxygen atoms in total. The van der Waals surface area contributed by atoms with Crippen molar-refractivity contribution < 1.29 is 14.3 Å². The molecule has 136 valence electrons. The molecule has 7 heteroatoms. The monoisotopic (exact) mass is 363 g/mol. The van der Waals surface area contributed by atoms with E-state index in [2.05, 4.69) is 10.3 Å². The van der Waals surface area contributed by atoms with E-state index in [1.165, 1.54) is 7.11 Å². The minimum atomic E-state index is -0.628. The van der Waals surface area contributed by atoms with E-state index >= 15 is 0 Å². The van der Waals surface area contributed by atoms with Crippen LogP contribution in [-0.2, 0) is 26.6 Å². The number of esters is 1. The first-order chi connectivity index (χ1) is 12.0. The van der Waals surface area contributed by atoms with E-state index in [1.54, 1.807) is 11.8 Å². The zero-order chi connectivity index (χ0) is 18.4. The topological polar surface area (TPSA) is 73.2 Å². The van der Waals surface area contributed by atoms with Crippen LogP contribution < -0.4 is 5.32 Å². The lowest BCUT2D eigenvalue weighted by Gasteiger charge is -2.19. The van der Waals surface area contributed by atoms with E-state index in [4.69, 9.17) is 4.74 Å². The third-order valence-corrected chi connectivity index (χ3v) is 4.38. The van der Waals surface area contributed by atoms with Crippen molar-refractivity contribution >= 4 is 34.7 Å². The number of rotatable bonds is 8. The van der Waals surface area contributed by atoms with Crippen LogP contribution >= 0.6 is 11.8 Å². The number of hydrogen-bond acceptors (Lipinski definition) is 5. The molecule has 0 bridgehead atoms. The largest absolute Gasteiger partial charge is 0.467 e. The molecular formula is C18H25N3O3S. The van der Waals surface area contributed by atoms with Gasteiger partial charge in [-0.1, -0.05) is 26.0 Å². The first kappa shape index (κ1) is 19.3. The number of aromatic nitrogens is 2. The van der Waals surface area contributed by atoms with Gasteiger partial charge in [-0.05, 0) is 30.7 Å². The Hall–Kier alpha value is -2.02. The van der Waals surface area contributed by atoms with E-state index in [1.807, 2.05) is 48.9 Å². The zero-order valence-electron chi connectivity index (χ0n) is 15.1. The van der Waals surface area contributed by atoms with Crippen molar-refractivity contribution in [2.24, 2.45) is 5.92 Å². The maximum Gasteiger partial charge on any atom is 0.328 e. The Labute approximate surface area is 152 Å². The van der Waals surface area contributed by atoms with Crippen LogP contribution in [-0.4, -0.2) is 40.8 Å². The average Bonchev–Trinajstić information content (AvgIpc) is 2.91. The fourth-order valence-corrected chi connectivity index (χ4v) is 3.23. The number of thioether (sulfide) groups is 1. The Balaban J connectivity index is 2.20. The van der Waals surface area contributed by atoms with Gasteiger partial charge in [-0.2, -0.15) is 11.8 Å². The number of imidazole rings is 1. The van der Waals surface area contributed by atoms with Gasteiger partial charge < -0.3 is 14.6 Å². The molecule has 0 spiro atoms. The molecule has 0 aliphatic rings. The minimum Gasteiger partial charge on any atom is -0.467 e. The lowest BCUT2D eigenvalue weighted by molar-refractivity contribution is -0.145. The number of hydrogen-bond donors (Lipinski definition) is 1. The fraction of sp³-hybridized carbons (Fsp3) is 0.500. The molecule has 25 heavy (non-hydrogen) atoms. The number of para-hydroxylation sites is 2. The Bertz CT molecular complexity index is 742. The van der Waals surface area contributed by atoms with Gasteiger partial charge >= 0.3 is 5.97 Å². The minimum absolute atomic E-state index is 0.127. The first-order valence-corrected chi connectivity index (χ1v) is 9.66. The molecular weight excluding hydrogens is 338 g/mol. The van der Waals surface area contributed by atoms with Crippen LogP contribution in [0.15, 0.2) is 24.3 Å². The molecule has 0 aliphatic carbocycles. The van der Waals surface area contributed by atoms with Gasteiger partial charge in [0.25, 0.3) is 0 Å². The van der Waals surface area contributed by atoms with Gasteiger partial charge in [-0.3, -0.25) is 4.79 Å². The molecule has 0 saturated carbocycles. The number of benzene rings is 1. The maximum atomic E-state index is 12.5. The molecule has 1 heterocycles. The van der Waals surface area contributed by atoms with Crippen LogP contribution in [0.4, 0.5) is 0 Å². The Morgan fingerprint density at radius 2 is 2.04 bits per heavy atom. The summed E-state index contributed by atoms with van der Waals surface area (Å²) in [5.41, 5.74) is 1.78. The summed E-state index contributed by atoms with van der Waals surface area (Å²) in [5, 5.41) is 2.80. The molecule has 1 N–H and O–H groups in total. The Morgan fingerprint density at radius 3 is 2.68 bits per heavy atom. The summed E-state index contributed by atoms with van der Waals surface area (Å²) in [5.74, 6) is 1.20. The Morgan fingerprint density at radius 1 is 1.32 bits per heavy atom. The number of amides is 1. The molecule has 1 amide bonds. The van der Waals surface area contributed by atoms with Gasteiger partial charge in [-0.15, -0.1) is 0 Å². The van der Waals surface area contributed by atoms with E-state index in [-0.39, 0.29) is 18.4 Å². The van der Waals surface area contributed by atoms with Crippen LogP contribution in [0.3, 0.4) is 0 Å². The third-order valence-electron chi connectivity index (χ3n) is 3.84. The van der Waals surface area contributed by atoms with Crippen LogP contribution in [0.2, 0.25) is 0 Å². The standard InChI is InChI=1S/C18H25N3O3S/c1-12(2)9-14(18(23)24-3)20-17(22)10-21-15-8-6-5-7-13(15)19-16(21)11-25-4/h5-8,12,14H,9-11H2,1-4H3,(H,20,22). The highest BCUT2D eigenvalue weighted by atomic mass is 32.2. The SMILES string of the molecule is COC(=O)C(CC(C)C)NC(=O)Cn1c(CSC)nc2ccccc21. The van der Waals surface area contributed by atoms with Crippen LogP contribution in [0.25, 0.3) is 11.0 Å². The lowest BCUT2D eigenvalue weighted by atomic mass is 10.0. The number of carbonyl (C=O) groups excluding carboxylic acids is 2. The summed E-state index contributed by atoms with van der Waals surface area (Å²) in [7, 11) is 1.34. The summed E-state index contributed by atoms with van der Waals surface area (Å²) in [6, 6.07) is 7.11. The molecule has 0 saturated heterocycles. The second kappa shape index (κ2) is 8.89. The summed E-state index contributed by atoms with van der Waals surface area (Å²) < 4.78 is 6.71. The number of ether oxygens (including phenoxy) is 1. The predicted octanol–water partition coefficient (Wildman–Crippen LogP) is 2.60. The molecule has 0 aliphatic heterocycles. The van der Waals surface area contributed by atoms with Gasteiger partial charge in [0.1, 0.15) is 18.4 Å². The Kier molecular flexibility index (Phi) is 6.87. The molecule has 2 aromatic rings. The molecule has 2 rings (SSSR count). The van der Waals surface area contributed by atoms with Crippen LogP contribution in [0.5, 0.6) is 0 Å². The van der Waals surface area contributed by atoms with E-state index in [0.717, 1.165) is 16.9 Å². The van der Waals surface area contributed by atoms with Crippen molar-refractivity contribution in [2.75, 3.05) is 13.4 Å². The summed E-state index contributed by atoms with van der Waals surface area (Å²) >= 11 is 1.65. The fourth-order valence-electron chi connectivity index (χ4n) is 2.75. The molecule has 1 atom stereocenters. The lowest BCUT2D eigenvalue weighted by Crippen LogP contribution is -2.43.